The Hall–Kier alpha value is -2.09. The normalized spacial score (nSPS) is 13.6. The van der Waals surface area contributed by atoms with Gasteiger partial charge in [0.2, 0.25) is 0 Å². The van der Waals surface area contributed by atoms with Crippen molar-refractivity contribution < 1.29 is 9.72 Å². The highest BCUT2D eigenvalue weighted by atomic mass is 35.5. The molecule has 1 aliphatic rings. The SMILES string of the molecule is O=C(c1ccc(Cl)c([N+](=O)[O-])c1)N1CCN=C1SCc1ccc(Cl)cc1. The molecule has 0 saturated carbocycles. The highest BCUT2D eigenvalue weighted by Gasteiger charge is 2.27. The number of halogens is 2. The summed E-state index contributed by atoms with van der Waals surface area (Å²) in [5, 5.41) is 12.3. The minimum Gasteiger partial charge on any atom is -0.286 e. The molecule has 26 heavy (non-hydrogen) atoms. The molecule has 0 N–H and O–H groups in total. The van der Waals surface area contributed by atoms with Crippen LogP contribution in [0.4, 0.5) is 5.69 Å². The van der Waals surface area contributed by atoms with Crippen molar-refractivity contribution in [3.8, 4) is 0 Å². The van der Waals surface area contributed by atoms with Crippen LogP contribution in [-0.4, -0.2) is 34.0 Å². The van der Waals surface area contributed by atoms with Crippen molar-refractivity contribution in [3.05, 3.63) is 73.8 Å². The van der Waals surface area contributed by atoms with Crippen LogP contribution in [0, 0.1) is 10.1 Å². The molecule has 1 amide bonds. The first-order valence-corrected chi connectivity index (χ1v) is 9.37. The predicted octanol–water partition coefficient (Wildman–Crippen LogP) is 4.65. The molecule has 0 aromatic heterocycles. The van der Waals surface area contributed by atoms with E-state index in [9.17, 15) is 14.9 Å². The van der Waals surface area contributed by atoms with Crippen molar-refractivity contribution in [1.82, 2.24) is 4.90 Å². The Bertz CT molecular complexity index is 887. The number of carbonyl (C=O) groups is 1. The Labute approximate surface area is 164 Å². The van der Waals surface area contributed by atoms with Crippen molar-refractivity contribution in [3.63, 3.8) is 0 Å². The van der Waals surface area contributed by atoms with Gasteiger partial charge in [0.15, 0.2) is 5.17 Å². The average Bonchev–Trinajstić information content (AvgIpc) is 3.09. The lowest BCUT2D eigenvalue weighted by atomic mass is 10.2. The number of hydrogen-bond donors (Lipinski definition) is 0. The van der Waals surface area contributed by atoms with Gasteiger partial charge >= 0.3 is 0 Å². The minimum atomic E-state index is -0.604. The summed E-state index contributed by atoms with van der Waals surface area (Å²) in [6, 6.07) is 11.5. The quantitative estimate of drug-likeness (QED) is 0.543. The second kappa shape index (κ2) is 8.07. The van der Waals surface area contributed by atoms with Gasteiger partial charge in [0, 0.05) is 29.0 Å². The van der Waals surface area contributed by atoms with Gasteiger partial charge in [0.25, 0.3) is 11.6 Å². The van der Waals surface area contributed by atoms with Gasteiger partial charge in [0.1, 0.15) is 5.02 Å². The van der Waals surface area contributed by atoms with Crippen molar-refractivity contribution in [2.45, 2.75) is 5.75 Å². The predicted molar refractivity (Wildman–Crippen MR) is 104 cm³/mol. The van der Waals surface area contributed by atoms with Crippen LogP contribution in [0.2, 0.25) is 10.0 Å². The molecule has 3 rings (SSSR count). The second-order valence-corrected chi connectivity index (χ2v) is 7.25. The van der Waals surface area contributed by atoms with E-state index in [1.807, 2.05) is 24.3 Å². The summed E-state index contributed by atoms with van der Waals surface area (Å²) in [5.74, 6) is 0.310. The first-order valence-electron chi connectivity index (χ1n) is 7.63. The van der Waals surface area contributed by atoms with Crippen LogP contribution in [-0.2, 0) is 5.75 Å². The smallest absolute Gasteiger partial charge is 0.286 e. The van der Waals surface area contributed by atoms with Gasteiger partial charge in [0.05, 0.1) is 11.5 Å². The molecule has 0 saturated heterocycles. The Morgan fingerprint density at radius 1 is 1.23 bits per heavy atom. The van der Waals surface area contributed by atoms with Crippen molar-refractivity contribution >= 4 is 51.7 Å². The molecular formula is C17H13Cl2N3O3S. The zero-order valence-electron chi connectivity index (χ0n) is 13.4. The summed E-state index contributed by atoms with van der Waals surface area (Å²) in [6.07, 6.45) is 0. The molecule has 2 aromatic carbocycles. The topological polar surface area (TPSA) is 75.8 Å². The van der Waals surface area contributed by atoms with E-state index >= 15 is 0 Å². The summed E-state index contributed by atoms with van der Waals surface area (Å²) >= 11 is 13.1. The number of carbonyl (C=O) groups excluding carboxylic acids is 1. The van der Waals surface area contributed by atoms with E-state index in [1.165, 1.54) is 34.9 Å². The monoisotopic (exact) mass is 409 g/mol. The number of nitro benzene ring substituents is 1. The molecule has 0 radical (unpaired) electrons. The van der Waals surface area contributed by atoms with Crippen LogP contribution >= 0.6 is 35.0 Å². The number of nitrogens with zero attached hydrogens (tertiary/aromatic N) is 3. The third-order valence-electron chi connectivity index (χ3n) is 3.72. The first kappa shape index (κ1) is 18.7. The molecule has 2 aromatic rings. The molecule has 0 fully saturated rings. The molecule has 1 heterocycles. The van der Waals surface area contributed by atoms with Gasteiger partial charge in [-0.25, -0.2) is 0 Å². The maximum absolute atomic E-state index is 12.7. The van der Waals surface area contributed by atoms with Gasteiger partial charge in [-0.15, -0.1) is 0 Å². The summed E-state index contributed by atoms with van der Waals surface area (Å²) in [4.78, 5) is 29.1. The maximum atomic E-state index is 12.7. The Balaban J connectivity index is 1.73. The number of nitro groups is 1. The molecule has 0 bridgehead atoms. The van der Waals surface area contributed by atoms with Crippen LogP contribution in [0.15, 0.2) is 47.5 Å². The molecule has 134 valence electrons. The van der Waals surface area contributed by atoms with Crippen molar-refractivity contribution in [1.29, 1.82) is 0 Å². The van der Waals surface area contributed by atoms with Crippen LogP contribution in [0.5, 0.6) is 0 Å². The number of amides is 1. The van der Waals surface area contributed by atoms with E-state index in [-0.39, 0.29) is 22.2 Å². The number of thioether (sulfide) groups is 1. The van der Waals surface area contributed by atoms with Crippen molar-refractivity contribution in [2.24, 2.45) is 4.99 Å². The van der Waals surface area contributed by atoms with Crippen LogP contribution in [0.25, 0.3) is 0 Å². The van der Waals surface area contributed by atoms with Gasteiger partial charge in [-0.3, -0.25) is 24.8 Å². The third kappa shape index (κ3) is 4.17. The Morgan fingerprint density at radius 2 is 1.96 bits per heavy atom. The van der Waals surface area contributed by atoms with E-state index in [1.54, 1.807) is 0 Å². The first-order chi connectivity index (χ1) is 12.5. The lowest BCUT2D eigenvalue weighted by molar-refractivity contribution is -0.384. The Morgan fingerprint density at radius 3 is 2.65 bits per heavy atom. The number of amidine groups is 1. The zero-order valence-corrected chi connectivity index (χ0v) is 15.7. The molecule has 0 spiro atoms. The van der Waals surface area contributed by atoms with Gasteiger partial charge in [-0.1, -0.05) is 47.1 Å². The van der Waals surface area contributed by atoms with E-state index in [0.717, 1.165) is 5.56 Å². The van der Waals surface area contributed by atoms with Crippen LogP contribution in [0.1, 0.15) is 15.9 Å². The fraction of sp³-hybridized carbons (Fsp3) is 0.176. The maximum Gasteiger partial charge on any atom is 0.288 e. The van der Waals surface area contributed by atoms with E-state index in [0.29, 0.717) is 29.0 Å². The van der Waals surface area contributed by atoms with E-state index < -0.39 is 4.92 Å². The van der Waals surface area contributed by atoms with Crippen LogP contribution in [0.3, 0.4) is 0 Å². The standard InChI is InChI=1S/C17H13Cl2N3O3S/c18-13-4-1-11(2-5-13)10-26-17-20-7-8-21(17)16(23)12-3-6-14(19)15(9-12)22(24)25/h1-6,9H,7-8,10H2. The number of hydrogen-bond acceptors (Lipinski definition) is 5. The fourth-order valence-corrected chi connectivity index (χ4v) is 3.72. The molecule has 0 atom stereocenters. The lowest BCUT2D eigenvalue weighted by Crippen LogP contribution is -2.32. The van der Waals surface area contributed by atoms with E-state index in [4.69, 9.17) is 23.2 Å². The number of rotatable bonds is 4. The Kier molecular flexibility index (Phi) is 5.80. The lowest BCUT2D eigenvalue weighted by Gasteiger charge is -2.18. The summed E-state index contributed by atoms with van der Waals surface area (Å²) in [7, 11) is 0. The molecule has 6 nitrogen and oxygen atoms in total. The molecule has 0 aliphatic carbocycles. The summed E-state index contributed by atoms with van der Waals surface area (Å²) < 4.78 is 0. The molecule has 0 unspecified atom stereocenters. The van der Waals surface area contributed by atoms with Gasteiger partial charge < -0.3 is 0 Å². The zero-order chi connectivity index (χ0) is 18.7. The summed E-state index contributed by atoms with van der Waals surface area (Å²) in [5.41, 5.74) is 0.982. The molecular weight excluding hydrogens is 397 g/mol. The summed E-state index contributed by atoms with van der Waals surface area (Å²) in [6.45, 7) is 0.947. The molecule has 1 aliphatic heterocycles. The average molecular weight is 410 g/mol. The van der Waals surface area contributed by atoms with Gasteiger partial charge in [-0.05, 0) is 29.8 Å². The molecule has 9 heteroatoms. The van der Waals surface area contributed by atoms with Crippen LogP contribution < -0.4 is 0 Å². The largest absolute Gasteiger partial charge is 0.288 e. The minimum absolute atomic E-state index is 0.000948. The van der Waals surface area contributed by atoms with E-state index in [2.05, 4.69) is 4.99 Å². The highest BCUT2D eigenvalue weighted by Crippen LogP contribution is 2.27. The fourth-order valence-electron chi connectivity index (χ4n) is 2.41. The second-order valence-electron chi connectivity index (χ2n) is 5.46. The van der Waals surface area contributed by atoms with Crippen molar-refractivity contribution in [2.75, 3.05) is 13.1 Å². The number of aliphatic imine (C=N–C) groups is 1. The third-order valence-corrected chi connectivity index (χ3v) is 5.37. The highest BCUT2D eigenvalue weighted by molar-refractivity contribution is 8.13. The number of benzene rings is 2. The van der Waals surface area contributed by atoms with Gasteiger partial charge in [-0.2, -0.15) is 0 Å².